The van der Waals surface area contributed by atoms with Crippen LogP contribution in [0, 0.1) is 0 Å². The molecule has 1 aliphatic carbocycles. The number of nitrogens with one attached hydrogen (secondary N) is 2. The van der Waals surface area contributed by atoms with E-state index >= 15 is 0 Å². The third-order valence-electron chi connectivity index (χ3n) is 5.76. The summed E-state index contributed by atoms with van der Waals surface area (Å²) in [5.74, 6) is 0. The number of rotatable bonds is 5. The van der Waals surface area contributed by atoms with E-state index in [-0.39, 0.29) is 20.1 Å². The Morgan fingerprint density at radius 2 is 1.94 bits per heavy atom. The summed E-state index contributed by atoms with van der Waals surface area (Å²) >= 11 is 12.5. The van der Waals surface area contributed by atoms with Gasteiger partial charge in [0.1, 0.15) is 8.55 Å². The maximum absolute atomic E-state index is 12.4. The van der Waals surface area contributed by atoms with Crippen LogP contribution in [-0.2, 0) is 16.4 Å². The van der Waals surface area contributed by atoms with Gasteiger partial charge in [-0.1, -0.05) is 65.7 Å². The highest BCUT2D eigenvalue weighted by atomic mass is 35.5. The first-order chi connectivity index (χ1) is 16.8. The average molecular weight is 547 g/mol. The van der Waals surface area contributed by atoms with Crippen molar-refractivity contribution >= 4 is 66.9 Å². The molecule has 0 bridgehead atoms. The molecule has 0 saturated carbocycles. The Kier molecular flexibility index (Phi) is 6.59. The lowest BCUT2D eigenvalue weighted by Crippen LogP contribution is -2.39. The van der Waals surface area contributed by atoms with Gasteiger partial charge < -0.3 is 5.32 Å². The minimum atomic E-state index is -4.07. The third kappa shape index (κ3) is 4.81. The number of allylic oxidation sites excluding steroid dienone is 1. The first-order valence-electron chi connectivity index (χ1n) is 10.8. The lowest BCUT2D eigenvalue weighted by molar-refractivity contribution is 0.247. The van der Waals surface area contributed by atoms with Gasteiger partial charge in [-0.05, 0) is 47.9 Å². The first kappa shape index (κ1) is 23.9. The maximum atomic E-state index is 12.4. The molecule has 11 heteroatoms. The van der Waals surface area contributed by atoms with Crippen molar-refractivity contribution in [2.24, 2.45) is 0 Å². The van der Waals surface area contributed by atoms with Gasteiger partial charge in [0.25, 0.3) is 10.0 Å². The van der Waals surface area contributed by atoms with Crippen LogP contribution in [0.3, 0.4) is 0 Å². The summed E-state index contributed by atoms with van der Waals surface area (Å²) in [6.07, 6.45) is 6.54. The van der Waals surface area contributed by atoms with E-state index in [0.29, 0.717) is 0 Å². The number of sulfonamides is 1. The van der Waals surface area contributed by atoms with Gasteiger partial charge in [0.05, 0.1) is 22.6 Å². The SMILES string of the molecule is O=C(NCC=C1CCCc2cnn(-c3cccc4ccccc34)c21)NS(=O)(=O)c1cc(Cl)c(Cl)s1. The standard InChI is InChI=1S/C24H20Cl2N4O3S2/c25-19-13-21(34-23(19)26)35(32,33)29-24(31)27-12-11-16-7-3-8-17-14-28-30(22(16)17)20-10-4-6-15-5-1-2-9-18(15)20/h1-2,4-6,9-11,13-14H,3,7-8,12H2,(H2,27,29,31). The predicted molar refractivity (Wildman–Crippen MR) is 140 cm³/mol. The Balaban J connectivity index is 1.35. The Morgan fingerprint density at radius 1 is 1.14 bits per heavy atom. The second-order valence-corrected chi connectivity index (χ2v) is 12.0. The number of hydrogen-bond donors (Lipinski definition) is 2. The zero-order chi connectivity index (χ0) is 24.6. The molecule has 35 heavy (non-hydrogen) atoms. The van der Waals surface area contributed by atoms with Crippen molar-refractivity contribution in [1.82, 2.24) is 19.8 Å². The van der Waals surface area contributed by atoms with E-state index < -0.39 is 16.1 Å². The van der Waals surface area contributed by atoms with Crippen LogP contribution in [-0.4, -0.2) is 30.8 Å². The Labute approximate surface area is 216 Å². The Bertz CT molecular complexity index is 1550. The van der Waals surface area contributed by atoms with Crippen LogP contribution in [0.1, 0.15) is 24.1 Å². The second-order valence-electron chi connectivity index (χ2n) is 8.01. The monoisotopic (exact) mass is 546 g/mol. The third-order valence-corrected chi connectivity index (χ3v) is 9.43. The number of aryl methyl sites for hydroxylation is 1. The maximum Gasteiger partial charge on any atom is 0.328 e. The highest BCUT2D eigenvalue weighted by molar-refractivity contribution is 7.92. The number of fused-ring (bicyclic) bond motifs is 2. The molecule has 0 saturated heterocycles. The van der Waals surface area contributed by atoms with Crippen LogP contribution in [0.2, 0.25) is 9.36 Å². The molecule has 2 aromatic heterocycles. The van der Waals surface area contributed by atoms with Gasteiger partial charge in [0, 0.05) is 11.9 Å². The minimum absolute atomic E-state index is 0.123. The number of urea groups is 1. The van der Waals surface area contributed by atoms with Crippen LogP contribution in [0.15, 0.2) is 65.0 Å². The van der Waals surface area contributed by atoms with Crippen molar-refractivity contribution < 1.29 is 13.2 Å². The summed E-state index contributed by atoms with van der Waals surface area (Å²) < 4.78 is 28.8. The Hall–Kier alpha value is -2.85. The first-order valence-corrected chi connectivity index (χ1v) is 13.9. The summed E-state index contributed by atoms with van der Waals surface area (Å²) in [5, 5.41) is 9.62. The summed E-state index contributed by atoms with van der Waals surface area (Å²) in [6, 6.07) is 14.7. The van der Waals surface area contributed by atoms with Crippen LogP contribution in [0.4, 0.5) is 4.79 Å². The quantitative estimate of drug-likeness (QED) is 0.330. The van der Waals surface area contributed by atoms with Crippen molar-refractivity contribution in [3.05, 3.63) is 81.4 Å². The molecule has 0 atom stereocenters. The fourth-order valence-electron chi connectivity index (χ4n) is 4.20. The number of hydrogen-bond acceptors (Lipinski definition) is 5. The number of nitrogens with zero attached hydrogens (tertiary/aromatic N) is 2. The van der Waals surface area contributed by atoms with Gasteiger partial charge in [-0.15, -0.1) is 11.3 Å². The zero-order valence-electron chi connectivity index (χ0n) is 18.3. The predicted octanol–water partition coefficient (Wildman–Crippen LogP) is 5.80. The number of aromatic nitrogens is 2. The number of carbonyl (C=O) groups excluding carboxylic acids is 1. The van der Waals surface area contributed by atoms with Gasteiger partial charge >= 0.3 is 6.03 Å². The van der Waals surface area contributed by atoms with Crippen molar-refractivity contribution in [1.29, 1.82) is 0 Å². The van der Waals surface area contributed by atoms with Crippen molar-refractivity contribution in [3.63, 3.8) is 0 Å². The number of carbonyl (C=O) groups is 1. The van der Waals surface area contributed by atoms with E-state index in [9.17, 15) is 13.2 Å². The molecule has 0 spiro atoms. The molecular formula is C24H20Cl2N4O3S2. The van der Waals surface area contributed by atoms with E-state index in [0.717, 1.165) is 63.9 Å². The highest BCUT2D eigenvalue weighted by Crippen LogP contribution is 2.35. The van der Waals surface area contributed by atoms with Gasteiger partial charge in [-0.25, -0.2) is 22.6 Å². The van der Waals surface area contributed by atoms with Crippen LogP contribution in [0.25, 0.3) is 22.0 Å². The largest absolute Gasteiger partial charge is 0.334 e. The molecule has 7 nitrogen and oxygen atoms in total. The van der Waals surface area contributed by atoms with Crippen molar-refractivity contribution in [3.8, 4) is 5.69 Å². The van der Waals surface area contributed by atoms with E-state index in [2.05, 4.69) is 28.6 Å². The molecule has 4 aromatic rings. The molecule has 1 aliphatic rings. The van der Waals surface area contributed by atoms with E-state index in [1.54, 1.807) is 0 Å². The van der Waals surface area contributed by atoms with Crippen LogP contribution >= 0.6 is 34.5 Å². The molecule has 0 fully saturated rings. The van der Waals surface area contributed by atoms with Gasteiger partial charge in [0.15, 0.2) is 0 Å². The summed E-state index contributed by atoms with van der Waals surface area (Å²) in [6.45, 7) is 0.156. The highest BCUT2D eigenvalue weighted by Gasteiger charge is 2.23. The smallest absolute Gasteiger partial charge is 0.328 e. The topological polar surface area (TPSA) is 93.1 Å². The summed E-state index contributed by atoms with van der Waals surface area (Å²) in [5.41, 5.74) is 4.21. The Morgan fingerprint density at radius 3 is 2.74 bits per heavy atom. The van der Waals surface area contributed by atoms with Gasteiger partial charge in [-0.3, -0.25) is 0 Å². The van der Waals surface area contributed by atoms with Crippen molar-refractivity contribution in [2.45, 2.75) is 23.5 Å². The van der Waals surface area contributed by atoms with E-state index in [1.165, 1.54) is 6.07 Å². The number of benzene rings is 2. The van der Waals surface area contributed by atoms with E-state index in [4.69, 9.17) is 23.2 Å². The number of amides is 2. The van der Waals surface area contributed by atoms with Crippen LogP contribution in [0.5, 0.6) is 0 Å². The molecule has 2 N–H and O–H groups in total. The minimum Gasteiger partial charge on any atom is -0.334 e. The summed E-state index contributed by atoms with van der Waals surface area (Å²) in [7, 11) is -4.07. The average Bonchev–Trinajstić information content (AvgIpc) is 3.42. The number of halogens is 2. The molecule has 180 valence electrons. The molecule has 0 radical (unpaired) electrons. The molecule has 2 heterocycles. The fourth-order valence-corrected chi connectivity index (χ4v) is 7.01. The molecular weight excluding hydrogens is 527 g/mol. The van der Waals surface area contributed by atoms with Crippen LogP contribution < -0.4 is 10.0 Å². The lowest BCUT2D eigenvalue weighted by Gasteiger charge is -2.19. The fraction of sp³-hybridized carbons (Fsp3) is 0.167. The van der Waals surface area contributed by atoms with Crippen molar-refractivity contribution in [2.75, 3.05) is 6.54 Å². The van der Waals surface area contributed by atoms with Gasteiger partial charge in [0.2, 0.25) is 0 Å². The molecule has 2 aromatic carbocycles. The molecule has 0 aliphatic heterocycles. The van der Waals surface area contributed by atoms with E-state index in [1.807, 2.05) is 45.9 Å². The molecule has 2 amide bonds. The second kappa shape index (κ2) is 9.66. The van der Waals surface area contributed by atoms with Gasteiger partial charge in [-0.2, -0.15) is 5.10 Å². The normalized spacial score (nSPS) is 14.7. The lowest BCUT2D eigenvalue weighted by atomic mass is 9.92. The molecule has 5 rings (SSSR count). The summed E-state index contributed by atoms with van der Waals surface area (Å²) in [4.78, 5) is 12.3. The number of thiophene rings is 1. The molecule has 0 unspecified atom stereocenters. The zero-order valence-corrected chi connectivity index (χ0v) is 21.4.